The summed E-state index contributed by atoms with van der Waals surface area (Å²) in [4.78, 5) is 27.4. The maximum atomic E-state index is 11.9. The van der Waals surface area contributed by atoms with Gasteiger partial charge in [-0.25, -0.2) is 4.98 Å². The molecule has 0 bridgehead atoms. The summed E-state index contributed by atoms with van der Waals surface area (Å²) in [5.74, 6) is -0.612. The number of pyridine rings is 1. The van der Waals surface area contributed by atoms with Crippen molar-refractivity contribution < 1.29 is 14.3 Å². The fraction of sp³-hybridized carbons (Fsp3) is 0.417. The molecule has 1 rings (SSSR count). The Morgan fingerprint density at radius 3 is 2.80 bits per heavy atom. The van der Waals surface area contributed by atoms with Crippen molar-refractivity contribution in [1.29, 1.82) is 0 Å². The van der Waals surface area contributed by atoms with Gasteiger partial charge in [-0.15, -0.1) is 0 Å². The van der Waals surface area contributed by atoms with Gasteiger partial charge in [0.15, 0.2) is 0 Å². The summed E-state index contributed by atoms with van der Waals surface area (Å²) in [6.45, 7) is 2.36. The zero-order valence-electron chi connectivity index (χ0n) is 11.3. The van der Waals surface area contributed by atoms with Crippen molar-refractivity contribution in [2.24, 2.45) is 0 Å². The molecule has 0 aliphatic rings. The van der Waals surface area contributed by atoms with Gasteiger partial charge in [0.1, 0.15) is 17.0 Å². The summed E-state index contributed by atoms with van der Waals surface area (Å²) in [5, 5.41) is 5.28. The molecule has 0 fully saturated rings. The van der Waals surface area contributed by atoms with Gasteiger partial charge in [0.05, 0.1) is 6.61 Å². The highest BCUT2D eigenvalue weighted by Gasteiger charge is 2.16. The molecular formula is C12H17ClN4O3. The Morgan fingerprint density at radius 1 is 1.50 bits per heavy atom. The van der Waals surface area contributed by atoms with Crippen LogP contribution in [0.5, 0.6) is 0 Å². The monoisotopic (exact) mass is 300 g/mol. The smallest absolute Gasteiger partial charge is 0.252 e. The summed E-state index contributed by atoms with van der Waals surface area (Å²) in [5.41, 5.74) is 5.75. The molecule has 0 aliphatic carbocycles. The predicted molar refractivity (Wildman–Crippen MR) is 75.5 cm³/mol. The Morgan fingerprint density at radius 2 is 2.20 bits per heavy atom. The minimum absolute atomic E-state index is 0.118. The van der Waals surface area contributed by atoms with Crippen molar-refractivity contribution >= 4 is 29.2 Å². The van der Waals surface area contributed by atoms with Crippen LogP contribution in [0.3, 0.4) is 0 Å². The highest BCUT2D eigenvalue weighted by Crippen LogP contribution is 2.12. The second kappa shape index (κ2) is 7.66. The molecule has 0 aromatic carbocycles. The fourth-order valence-electron chi connectivity index (χ4n) is 1.42. The first-order chi connectivity index (χ1) is 9.43. The van der Waals surface area contributed by atoms with E-state index in [0.717, 1.165) is 0 Å². The molecule has 0 spiro atoms. The molecule has 0 radical (unpaired) electrons. The Labute approximate surface area is 121 Å². The number of anilines is 1. The van der Waals surface area contributed by atoms with Gasteiger partial charge < -0.3 is 21.1 Å². The van der Waals surface area contributed by atoms with E-state index in [1.54, 1.807) is 6.92 Å². The van der Waals surface area contributed by atoms with E-state index in [1.165, 1.54) is 19.2 Å². The van der Waals surface area contributed by atoms with Crippen LogP contribution in [-0.4, -0.2) is 43.1 Å². The van der Waals surface area contributed by atoms with E-state index in [0.29, 0.717) is 13.2 Å². The second-order valence-corrected chi connectivity index (χ2v) is 4.47. The number of nitrogens with zero attached hydrogens (tertiary/aromatic N) is 1. The Bertz CT molecular complexity index is 475. The van der Waals surface area contributed by atoms with Crippen LogP contribution in [0.15, 0.2) is 12.1 Å². The maximum Gasteiger partial charge on any atom is 0.252 e. The van der Waals surface area contributed by atoms with Gasteiger partial charge in [-0.1, -0.05) is 11.6 Å². The number of methoxy groups -OCH3 is 1. The molecule has 0 saturated carbocycles. The molecule has 1 aromatic heterocycles. The predicted octanol–water partition coefficient (Wildman–Crippen LogP) is 0.198. The van der Waals surface area contributed by atoms with Crippen LogP contribution < -0.4 is 16.4 Å². The van der Waals surface area contributed by atoms with Crippen LogP contribution in [0.4, 0.5) is 5.82 Å². The fourth-order valence-corrected chi connectivity index (χ4v) is 1.64. The van der Waals surface area contributed by atoms with Crippen LogP contribution in [0.25, 0.3) is 0 Å². The number of aromatic nitrogens is 1. The van der Waals surface area contributed by atoms with E-state index in [1.807, 2.05) is 0 Å². The first-order valence-corrected chi connectivity index (χ1v) is 6.32. The number of nitrogen functional groups attached to an aromatic ring is 1. The zero-order valence-corrected chi connectivity index (χ0v) is 12.0. The SMILES string of the molecule is COCCNC(=O)C(C)NC(=O)c1cc(N)nc(Cl)c1. The van der Waals surface area contributed by atoms with Crippen molar-refractivity contribution in [2.75, 3.05) is 26.0 Å². The van der Waals surface area contributed by atoms with Gasteiger partial charge >= 0.3 is 0 Å². The molecule has 0 saturated heterocycles. The van der Waals surface area contributed by atoms with Crippen molar-refractivity contribution in [2.45, 2.75) is 13.0 Å². The van der Waals surface area contributed by atoms with Gasteiger partial charge in [0.2, 0.25) is 5.91 Å². The lowest BCUT2D eigenvalue weighted by Gasteiger charge is -2.14. The minimum Gasteiger partial charge on any atom is -0.384 e. The first-order valence-electron chi connectivity index (χ1n) is 5.94. The van der Waals surface area contributed by atoms with Gasteiger partial charge in [-0.3, -0.25) is 9.59 Å². The minimum atomic E-state index is -0.687. The van der Waals surface area contributed by atoms with Crippen molar-refractivity contribution in [3.8, 4) is 0 Å². The number of nitrogens with two attached hydrogens (primary N) is 1. The number of carbonyl (C=O) groups is 2. The van der Waals surface area contributed by atoms with E-state index >= 15 is 0 Å². The van der Waals surface area contributed by atoms with Gasteiger partial charge in [-0.2, -0.15) is 0 Å². The number of rotatable bonds is 6. The Balaban J connectivity index is 2.58. The number of hydrogen-bond acceptors (Lipinski definition) is 5. The number of ether oxygens (including phenoxy) is 1. The molecule has 4 N–H and O–H groups in total. The third kappa shape index (κ3) is 5.02. The molecule has 8 heteroatoms. The molecule has 7 nitrogen and oxygen atoms in total. The van der Waals surface area contributed by atoms with Gasteiger partial charge in [0, 0.05) is 19.2 Å². The Kier molecular flexibility index (Phi) is 6.20. The quantitative estimate of drug-likeness (QED) is 0.514. The van der Waals surface area contributed by atoms with E-state index in [9.17, 15) is 9.59 Å². The topological polar surface area (TPSA) is 106 Å². The molecule has 0 aliphatic heterocycles. The molecule has 1 heterocycles. The molecule has 1 atom stereocenters. The van der Waals surface area contributed by atoms with E-state index < -0.39 is 11.9 Å². The van der Waals surface area contributed by atoms with E-state index in [4.69, 9.17) is 22.1 Å². The van der Waals surface area contributed by atoms with Crippen LogP contribution in [0, 0.1) is 0 Å². The second-order valence-electron chi connectivity index (χ2n) is 4.08. The Hall–Kier alpha value is -1.86. The number of nitrogens with one attached hydrogen (secondary N) is 2. The average molecular weight is 301 g/mol. The summed E-state index contributed by atoms with van der Waals surface area (Å²) in [6, 6.07) is 2.08. The molecule has 2 amide bonds. The number of carbonyl (C=O) groups excluding carboxylic acids is 2. The molecule has 1 aromatic rings. The molecular weight excluding hydrogens is 284 g/mol. The molecule has 110 valence electrons. The third-order valence-corrected chi connectivity index (χ3v) is 2.62. The van der Waals surface area contributed by atoms with Crippen molar-refractivity contribution in [1.82, 2.24) is 15.6 Å². The lowest BCUT2D eigenvalue weighted by molar-refractivity contribution is -0.122. The van der Waals surface area contributed by atoms with Crippen LogP contribution in [0.2, 0.25) is 5.15 Å². The lowest BCUT2D eigenvalue weighted by atomic mass is 10.2. The van der Waals surface area contributed by atoms with Crippen LogP contribution >= 0.6 is 11.6 Å². The normalized spacial score (nSPS) is 11.8. The summed E-state index contributed by atoms with van der Waals surface area (Å²) >= 11 is 5.71. The lowest BCUT2D eigenvalue weighted by Crippen LogP contribution is -2.45. The van der Waals surface area contributed by atoms with E-state index in [-0.39, 0.29) is 22.4 Å². The molecule has 20 heavy (non-hydrogen) atoms. The largest absolute Gasteiger partial charge is 0.384 e. The standard InChI is InChI=1S/C12H17ClN4O3/c1-7(11(18)15-3-4-20-2)16-12(19)8-5-9(13)17-10(14)6-8/h5-7H,3-4H2,1-2H3,(H2,14,17)(H,15,18)(H,16,19). The highest BCUT2D eigenvalue weighted by atomic mass is 35.5. The summed E-state index contributed by atoms with van der Waals surface area (Å²) < 4.78 is 4.81. The van der Waals surface area contributed by atoms with Crippen LogP contribution in [0.1, 0.15) is 17.3 Å². The summed E-state index contributed by atoms with van der Waals surface area (Å²) in [6.07, 6.45) is 0. The van der Waals surface area contributed by atoms with Gasteiger partial charge in [0.25, 0.3) is 5.91 Å². The third-order valence-electron chi connectivity index (χ3n) is 2.42. The van der Waals surface area contributed by atoms with Crippen molar-refractivity contribution in [3.63, 3.8) is 0 Å². The number of halogens is 1. The summed E-state index contributed by atoms with van der Waals surface area (Å²) in [7, 11) is 1.54. The molecule has 1 unspecified atom stereocenters. The first kappa shape index (κ1) is 16.2. The number of hydrogen-bond donors (Lipinski definition) is 3. The van der Waals surface area contributed by atoms with Gasteiger partial charge in [-0.05, 0) is 19.1 Å². The zero-order chi connectivity index (χ0) is 15.1. The van der Waals surface area contributed by atoms with Crippen molar-refractivity contribution in [3.05, 3.63) is 22.8 Å². The number of amides is 2. The highest BCUT2D eigenvalue weighted by molar-refractivity contribution is 6.29. The average Bonchev–Trinajstić information content (AvgIpc) is 2.37. The van der Waals surface area contributed by atoms with Crippen LogP contribution in [-0.2, 0) is 9.53 Å². The maximum absolute atomic E-state index is 11.9. The van der Waals surface area contributed by atoms with E-state index in [2.05, 4.69) is 15.6 Å².